The van der Waals surface area contributed by atoms with E-state index in [0.29, 0.717) is 6.04 Å². The van der Waals surface area contributed by atoms with Gasteiger partial charge in [-0.15, -0.1) is 0 Å². The third-order valence-corrected chi connectivity index (χ3v) is 4.95. The number of rotatable bonds is 2. The monoisotopic (exact) mass is 259 g/mol. The first-order valence-electron chi connectivity index (χ1n) is 6.87. The van der Waals surface area contributed by atoms with Crippen LogP contribution in [-0.4, -0.2) is 30.3 Å². The summed E-state index contributed by atoms with van der Waals surface area (Å²) < 4.78 is 5.04. The molecule has 0 aromatic heterocycles. The number of ether oxygens (including phenoxy) is 1. The Morgan fingerprint density at radius 2 is 2.21 bits per heavy atom. The summed E-state index contributed by atoms with van der Waals surface area (Å²) in [5, 5.41) is 2.09. The Labute approximate surface area is 112 Å². The van der Waals surface area contributed by atoms with Gasteiger partial charge in [-0.05, 0) is 24.8 Å². The molecular weight excluding hydrogens is 242 g/mol. The summed E-state index contributed by atoms with van der Waals surface area (Å²) in [4.78, 5) is 18.2. The van der Waals surface area contributed by atoms with Crippen molar-refractivity contribution in [3.63, 3.8) is 0 Å². The van der Waals surface area contributed by atoms with Crippen molar-refractivity contribution in [3.8, 4) is 0 Å². The van der Waals surface area contributed by atoms with E-state index in [1.165, 1.54) is 12.7 Å². The number of esters is 1. The predicted molar refractivity (Wildman–Crippen MR) is 68.0 cm³/mol. The molecule has 3 heterocycles. The number of benzene rings is 1. The SMILES string of the molecule is COC(=O)C1[C@@H]2C[C@H]3CCC1(c1ccccc1)N3O2. The molecule has 19 heavy (non-hydrogen) atoms. The number of fused-ring (bicyclic) bond motifs is 1. The fraction of sp³-hybridized carbons (Fsp3) is 0.533. The number of hydrogen-bond donors (Lipinski definition) is 0. The molecule has 3 fully saturated rings. The molecule has 4 rings (SSSR count). The second-order valence-corrected chi connectivity index (χ2v) is 5.69. The molecule has 3 aliphatic heterocycles. The quantitative estimate of drug-likeness (QED) is 0.760. The molecule has 0 N–H and O–H groups in total. The van der Waals surface area contributed by atoms with Crippen LogP contribution in [0.1, 0.15) is 24.8 Å². The van der Waals surface area contributed by atoms with E-state index >= 15 is 0 Å². The normalized spacial score (nSPS) is 39.7. The number of hydrogen-bond acceptors (Lipinski definition) is 4. The molecule has 4 heteroatoms. The van der Waals surface area contributed by atoms with E-state index in [9.17, 15) is 4.79 Å². The summed E-state index contributed by atoms with van der Waals surface area (Å²) in [5.41, 5.74) is 0.872. The Hall–Kier alpha value is -1.39. The summed E-state index contributed by atoms with van der Waals surface area (Å²) in [6.45, 7) is 0. The van der Waals surface area contributed by atoms with E-state index in [1.54, 1.807) is 0 Å². The molecule has 2 bridgehead atoms. The van der Waals surface area contributed by atoms with Crippen LogP contribution in [0.15, 0.2) is 30.3 Å². The molecular formula is C15H17NO3. The van der Waals surface area contributed by atoms with Crippen molar-refractivity contribution in [2.45, 2.75) is 36.9 Å². The van der Waals surface area contributed by atoms with Gasteiger partial charge >= 0.3 is 5.97 Å². The Balaban J connectivity index is 1.86. The van der Waals surface area contributed by atoms with E-state index in [0.717, 1.165) is 19.3 Å². The highest BCUT2D eigenvalue weighted by molar-refractivity contribution is 5.76. The lowest BCUT2D eigenvalue weighted by molar-refractivity contribution is -0.154. The summed E-state index contributed by atoms with van der Waals surface area (Å²) >= 11 is 0. The first kappa shape index (κ1) is 11.4. The first-order valence-corrected chi connectivity index (χ1v) is 6.87. The maximum absolute atomic E-state index is 12.2. The lowest BCUT2D eigenvalue weighted by Gasteiger charge is -2.38. The van der Waals surface area contributed by atoms with Gasteiger partial charge in [0.05, 0.1) is 18.8 Å². The summed E-state index contributed by atoms with van der Waals surface area (Å²) in [6.07, 6.45) is 3.01. The third kappa shape index (κ3) is 1.28. The van der Waals surface area contributed by atoms with Crippen LogP contribution in [0.4, 0.5) is 0 Å². The topological polar surface area (TPSA) is 38.8 Å². The molecule has 0 aliphatic carbocycles. The van der Waals surface area contributed by atoms with Gasteiger partial charge in [-0.1, -0.05) is 30.3 Å². The smallest absolute Gasteiger partial charge is 0.313 e. The Bertz CT molecular complexity index is 517. The van der Waals surface area contributed by atoms with Gasteiger partial charge < -0.3 is 4.74 Å². The van der Waals surface area contributed by atoms with Crippen molar-refractivity contribution in [3.05, 3.63) is 35.9 Å². The van der Waals surface area contributed by atoms with Crippen LogP contribution >= 0.6 is 0 Å². The zero-order valence-electron chi connectivity index (χ0n) is 10.9. The molecule has 0 radical (unpaired) electrons. The van der Waals surface area contributed by atoms with E-state index in [2.05, 4.69) is 17.2 Å². The van der Waals surface area contributed by atoms with Crippen LogP contribution in [0.25, 0.3) is 0 Å². The number of methoxy groups -OCH3 is 1. The minimum Gasteiger partial charge on any atom is -0.469 e. The van der Waals surface area contributed by atoms with E-state index in [1.807, 2.05) is 18.2 Å². The second-order valence-electron chi connectivity index (χ2n) is 5.69. The minimum atomic E-state index is -0.304. The van der Waals surface area contributed by atoms with E-state index in [-0.39, 0.29) is 23.5 Å². The highest BCUT2D eigenvalue weighted by Crippen LogP contribution is 2.60. The molecule has 3 saturated heterocycles. The summed E-state index contributed by atoms with van der Waals surface area (Å²) in [7, 11) is 1.47. The van der Waals surface area contributed by atoms with Crippen molar-refractivity contribution >= 4 is 5.97 Å². The predicted octanol–water partition coefficient (Wildman–Crippen LogP) is 1.85. The van der Waals surface area contributed by atoms with Crippen molar-refractivity contribution in [2.24, 2.45) is 5.92 Å². The molecule has 3 aliphatic rings. The fourth-order valence-electron chi connectivity index (χ4n) is 4.24. The Kier molecular flexibility index (Phi) is 2.29. The van der Waals surface area contributed by atoms with Crippen LogP contribution in [0.5, 0.6) is 0 Å². The fourth-order valence-corrected chi connectivity index (χ4v) is 4.24. The van der Waals surface area contributed by atoms with Crippen molar-refractivity contribution in [1.29, 1.82) is 0 Å². The largest absolute Gasteiger partial charge is 0.469 e. The van der Waals surface area contributed by atoms with Crippen LogP contribution in [0.2, 0.25) is 0 Å². The van der Waals surface area contributed by atoms with Gasteiger partial charge in [0.2, 0.25) is 0 Å². The summed E-state index contributed by atoms with van der Waals surface area (Å²) in [5.74, 6) is -0.338. The van der Waals surface area contributed by atoms with Gasteiger partial charge in [-0.25, -0.2) is 0 Å². The minimum absolute atomic E-state index is 0.0137. The molecule has 4 nitrogen and oxygen atoms in total. The van der Waals surface area contributed by atoms with Gasteiger partial charge in [-0.2, -0.15) is 5.06 Å². The zero-order chi connectivity index (χ0) is 13.0. The molecule has 0 amide bonds. The maximum Gasteiger partial charge on any atom is 0.313 e. The van der Waals surface area contributed by atoms with Crippen LogP contribution in [0.3, 0.4) is 0 Å². The summed E-state index contributed by atoms with van der Waals surface area (Å²) in [6, 6.07) is 10.7. The van der Waals surface area contributed by atoms with Gasteiger partial charge in [0.1, 0.15) is 5.92 Å². The van der Waals surface area contributed by atoms with Crippen LogP contribution < -0.4 is 0 Å². The van der Waals surface area contributed by atoms with Crippen molar-refractivity contribution in [1.82, 2.24) is 5.06 Å². The van der Waals surface area contributed by atoms with Crippen LogP contribution in [-0.2, 0) is 19.9 Å². The average molecular weight is 259 g/mol. The number of hydroxylamine groups is 2. The molecule has 100 valence electrons. The van der Waals surface area contributed by atoms with Crippen LogP contribution in [0, 0.1) is 5.92 Å². The van der Waals surface area contributed by atoms with Gasteiger partial charge in [-0.3, -0.25) is 9.63 Å². The highest BCUT2D eigenvalue weighted by Gasteiger charge is 2.69. The standard InChI is InChI=1S/C15H17NO3/c1-18-14(17)13-12-9-11-7-8-15(13,16(11)19-12)10-5-3-2-4-6-10/h2-6,11-13H,7-9H2,1H3/t11-,12+,13?,15?/m1/s1. The van der Waals surface area contributed by atoms with Gasteiger partial charge in [0.25, 0.3) is 0 Å². The molecule has 0 spiro atoms. The highest BCUT2D eigenvalue weighted by atomic mass is 16.7. The van der Waals surface area contributed by atoms with Gasteiger partial charge in [0, 0.05) is 6.04 Å². The number of piperidine rings is 1. The Morgan fingerprint density at radius 3 is 2.95 bits per heavy atom. The molecule has 1 aromatic rings. The zero-order valence-corrected chi connectivity index (χ0v) is 10.9. The number of carbonyl (C=O) groups is 1. The van der Waals surface area contributed by atoms with Crippen molar-refractivity contribution in [2.75, 3.05) is 7.11 Å². The molecule has 4 atom stereocenters. The molecule has 0 saturated carbocycles. The molecule has 1 aromatic carbocycles. The second kappa shape index (κ2) is 3.81. The number of carbonyl (C=O) groups excluding carboxylic acids is 1. The first-order chi connectivity index (χ1) is 9.27. The third-order valence-electron chi connectivity index (χ3n) is 4.95. The lowest BCUT2D eigenvalue weighted by atomic mass is 9.74. The lowest BCUT2D eigenvalue weighted by Crippen LogP contribution is -2.49. The van der Waals surface area contributed by atoms with E-state index < -0.39 is 0 Å². The van der Waals surface area contributed by atoms with Crippen molar-refractivity contribution < 1.29 is 14.4 Å². The average Bonchev–Trinajstić information content (AvgIpc) is 3.06. The van der Waals surface area contributed by atoms with E-state index in [4.69, 9.17) is 9.57 Å². The number of nitrogens with zero attached hydrogens (tertiary/aromatic N) is 1. The van der Waals surface area contributed by atoms with Gasteiger partial charge in [0.15, 0.2) is 0 Å². The maximum atomic E-state index is 12.2. The molecule has 2 unspecified atom stereocenters. The Morgan fingerprint density at radius 1 is 1.42 bits per heavy atom.